The molecule has 0 aromatic heterocycles. The second kappa shape index (κ2) is 3.34. The van der Waals surface area contributed by atoms with Gasteiger partial charge >= 0.3 is 6.03 Å². The zero-order valence-corrected chi connectivity index (χ0v) is 6.09. The Morgan fingerprint density at radius 2 is 2.27 bits per heavy atom. The molecule has 1 heterocycles. The molecule has 1 fully saturated rings. The molecule has 62 valence electrons. The van der Waals surface area contributed by atoms with Crippen molar-refractivity contribution < 1.29 is 9.59 Å². The molecule has 1 aliphatic rings. The minimum absolute atomic E-state index is 0.155. The lowest BCUT2D eigenvalue weighted by Crippen LogP contribution is -2.52. The summed E-state index contributed by atoms with van der Waals surface area (Å²) < 4.78 is 0. The third kappa shape index (κ3) is 1.91. The van der Waals surface area contributed by atoms with Crippen molar-refractivity contribution in [1.29, 1.82) is 0 Å². The number of carbonyl (C=O) groups excluding carboxylic acids is 2. The van der Waals surface area contributed by atoms with Crippen LogP contribution >= 0.6 is 0 Å². The van der Waals surface area contributed by atoms with Gasteiger partial charge in [-0.05, 0) is 13.0 Å². The maximum atomic E-state index is 11.0. The molecule has 1 atom stereocenters. The Hall–Kier alpha value is -1.10. The summed E-state index contributed by atoms with van der Waals surface area (Å²) in [6.45, 7) is 0.871. The number of hydrogen-bond acceptors (Lipinski definition) is 3. The van der Waals surface area contributed by atoms with Crippen LogP contribution in [0.5, 0.6) is 0 Å². The molecule has 0 spiro atoms. The van der Waals surface area contributed by atoms with Crippen LogP contribution in [0.2, 0.25) is 0 Å². The number of rotatable bonds is 2. The monoisotopic (exact) mass is 157 g/mol. The molecule has 0 radical (unpaired) electrons. The van der Waals surface area contributed by atoms with E-state index in [1.165, 1.54) is 0 Å². The van der Waals surface area contributed by atoms with Gasteiger partial charge in [0, 0.05) is 6.54 Å². The number of imide groups is 1. The van der Waals surface area contributed by atoms with E-state index < -0.39 is 6.03 Å². The number of nitrogens with one attached hydrogen (secondary N) is 2. The first-order chi connectivity index (χ1) is 5.24. The first-order valence-corrected chi connectivity index (χ1v) is 3.53. The summed E-state index contributed by atoms with van der Waals surface area (Å²) in [6, 6.07) is -0.414. The Morgan fingerprint density at radius 3 is 2.82 bits per heavy atom. The van der Waals surface area contributed by atoms with Gasteiger partial charge in [-0.1, -0.05) is 0 Å². The van der Waals surface area contributed by atoms with E-state index >= 15 is 0 Å². The summed E-state index contributed by atoms with van der Waals surface area (Å²) in [4.78, 5) is 21.5. The van der Waals surface area contributed by atoms with Crippen LogP contribution in [0, 0.1) is 5.92 Å². The maximum absolute atomic E-state index is 11.0. The number of urea groups is 1. The standard InChI is InChI=1S/C6H11N3O2/c7-2-1-4-3-8-6(11)9-5(4)10/h4H,1-3,7H2,(H2,8,9,10,11). The van der Waals surface area contributed by atoms with E-state index in [0.29, 0.717) is 19.5 Å². The first-order valence-electron chi connectivity index (χ1n) is 3.53. The van der Waals surface area contributed by atoms with E-state index in [-0.39, 0.29) is 11.8 Å². The normalized spacial score (nSPS) is 24.3. The molecule has 0 aromatic carbocycles. The van der Waals surface area contributed by atoms with Gasteiger partial charge in [-0.15, -0.1) is 0 Å². The van der Waals surface area contributed by atoms with E-state index in [1.807, 2.05) is 0 Å². The van der Waals surface area contributed by atoms with E-state index in [0.717, 1.165) is 0 Å². The fourth-order valence-corrected chi connectivity index (χ4v) is 1.00. The summed E-state index contributed by atoms with van der Waals surface area (Å²) in [6.07, 6.45) is 0.617. The molecule has 0 aliphatic carbocycles. The molecule has 1 rings (SSSR count). The third-order valence-electron chi connectivity index (χ3n) is 1.63. The van der Waals surface area contributed by atoms with Gasteiger partial charge in [-0.25, -0.2) is 4.79 Å². The SMILES string of the molecule is NCCC1CNC(=O)NC1=O. The van der Waals surface area contributed by atoms with E-state index in [2.05, 4.69) is 10.6 Å². The van der Waals surface area contributed by atoms with Gasteiger partial charge < -0.3 is 11.1 Å². The Bertz CT molecular complexity index is 181. The van der Waals surface area contributed by atoms with E-state index in [4.69, 9.17) is 5.73 Å². The fourth-order valence-electron chi connectivity index (χ4n) is 1.00. The van der Waals surface area contributed by atoms with Gasteiger partial charge in [0.25, 0.3) is 0 Å². The quantitative estimate of drug-likeness (QED) is 0.470. The largest absolute Gasteiger partial charge is 0.337 e. The molecular weight excluding hydrogens is 146 g/mol. The minimum atomic E-state index is -0.414. The average Bonchev–Trinajstić information content (AvgIpc) is 1.95. The Kier molecular flexibility index (Phi) is 2.43. The van der Waals surface area contributed by atoms with E-state index in [9.17, 15) is 9.59 Å². The summed E-state index contributed by atoms with van der Waals surface area (Å²) >= 11 is 0. The average molecular weight is 157 g/mol. The van der Waals surface area contributed by atoms with Crippen LogP contribution in [-0.2, 0) is 4.79 Å². The lowest BCUT2D eigenvalue weighted by atomic mass is 10.0. The van der Waals surface area contributed by atoms with Gasteiger partial charge in [0.05, 0.1) is 5.92 Å². The molecule has 3 amide bonds. The Balaban J connectivity index is 2.44. The topological polar surface area (TPSA) is 84.2 Å². The number of amides is 3. The van der Waals surface area contributed by atoms with Crippen molar-refractivity contribution in [2.75, 3.05) is 13.1 Å². The van der Waals surface area contributed by atoms with Crippen molar-refractivity contribution in [3.63, 3.8) is 0 Å². The van der Waals surface area contributed by atoms with Crippen LogP contribution in [0.25, 0.3) is 0 Å². The van der Waals surface area contributed by atoms with Crippen LogP contribution in [0.15, 0.2) is 0 Å². The molecule has 5 nitrogen and oxygen atoms in total. The van der Waals surface area contributed by atoms with E-state index in [1.54, 1.807) is 0 Å². The van der Waals surface area contributed by atoms with Crippen molar-refractivity contribution in [2.45, 2.75) is 6.42 Å². The Labute approximate surface area is 64.3 Å². The molecule has 4 N–H and O–H groups in total. The predicted octanol–water partition coefficient (Wildman–Crippen LogP) is -1.21. The predicted molar refractivity (Wildman–Crippen MR) is 38.7 cm³/mol. The van der Waals surface area contributed by atoms with Gasteiger partial charge in [0.2, 0.25) is 5.91 Å². The van der Waals surface area contributed by atoms with Gasteiger partial charge in [0.15, 0.2) is 0 Å². The molecule has 1 unspecified atom stereocenters. The van der Waals surface area contributed by atoms with Crippen LogP contribution in [0.3, 0.4) is 0 Å². The molecule has 0 saturated carbocycles. The lowest BCUT2D eigenvalue weighted by Gasteiger charge is -2.21. The molecule has 1 aliphatic heterocycles. The highest BCUT2D eigenvalue weighted by Gasteiger charge is 2.24. The van der Waals surface area contributed by atoms with Crippen LogP contribution in [0.1, 0.15) is 6.42 Å². The van der Waals surface area contributed by atoms with Gasteiger partial charge in [-0.2, -0.15) is 0 Å². The van der Waals surface area contributed by atoms with Crippen molar-refractivity contribution in [3.8, 4) is 0 Å². The third-order valence-corrected chi connectivity index (χ3v) is 1.63. The summed E-state index contributed by atoms with van der Waals surface area (Å²) in [7, 11) is 0. The molecule has 0 aromatic rings. The number of nitrogens with two attached hydrogens (primary N) is 1. The van der Waals surface area contributed by atoms with Crippen molar-refractivity contribution in [1.82, 2.24) is 10.6 Å². The second-order valence-electron chi connectivity index (χ2n) is 2.47. The maximum Gasteiger partial charge on any atom is 0.321 e. The lowest BCUT2D eigenvalue weighted by molar-refractivity contribution is -0.124. The molecule has 0 bridgehead atoms. The smallest absolute Gasteiger partial charge is 0.321 e. The minimum Gasteiger partial charge on any atom is -0.337 e. The second-order valence-corrected chi connectivity index (χ2v) is 2.47. The number of carbonyl (C=O) groups is 2. The Morgan fingerprint density at radius 1 is 1.55 bits per heavy atom. The van der Waals surface area contributed by atoms with Crippen molar-refractivity contribution in [2.24, 2.45) is 11.7 Å². The summed E-state index contributed by atoms with van der Waals surface area (Å²) in [5, 5.41) is 4.69. The van der Waals surface area contributed by atoms with Crippen LogP contribution in [-0.4, -0.2) is 25.0 Å². The zero-order chi connectivity index (χ0) is 8.27. The summed E-state index contributed by atoms with van der Waals surface area (Å²) in [5.74, 6) is -0.378. The van der Waals surface area contributed by atoms with Crippen LogP contribution < -0.4 is 16.4 Å². The molecule has 1 saturated heterocycles. The van der Waals surface area contributed by atoms with Gasteiger partial charge in [-0.3, -0.25) is 10.1 Å². The highest BCUT2D eigenvalue weighted by atomic mass is 16.2. The highest BCUT2D eigenvalue weighted by molar-refractivity contribution is 5.97. The van der Waals surface area contributed by atoms with Gasteiger partial charge in [0.1, 0.15) is 0 Å². The number of hydrogen-bond donors (Lipinski definition) is 3. The highest BCUT2D eigenvalue weighted by Crippen LogP contribution is 2.03. The summed E-state index contributed by atoms with van der Waals surface area (Å²) in [5.41, 5.74) is 5.26. The molecular formula is C6H11N3O2. The van der Waals surface area contributed by atoms with Crippen molar-refractivity contribution >= 4 is 11.9 Å². The molecule has 11 heavy (non-hydrogen) atoms. The molecule has 5 heteroatoms. The first kappa shape index (κ1) is 8.00. The fraction of sp³-hybridized carbons (Fsp3) is 0.667. The zero-order valence-electron chi connectivity index (χ0n) is 6.09. The van der Waals surface area contributed by atoms with Crippen LogP contribution in [0.4, 0.5) is 4.79 Å². The van der Waals surface area contributed by atoms with Crippen molar-refractivity contribution in [3.05, 3.63) is 0 Å².